The Balaban J connectivity index is 1.57. The number of amides is 2. The van der Waals surface area contributed by atoms with Crippen molar-refractivity contribution in [2.75, 3.05) is 16.0 Å². The lowest BCUT2D eigenvalue weighted by atomic mass is 9.88. The Kier molecular flexibility index (Phi) is 5.90. The number of thioether (sulfide) groups is 1. The molecule has 2 aromatic carbocycles. The summed E-state index contributed by atoms with van der Waals surface area (Å²) in [5, 5.41) is 2.72. The molecule has 0 spiro atoms. The highest BCUT2D eigenvalue weighted by molar-refractivity contribution is 8.00. The first-order valence-corrected chi connectivity index (χ1v) is 11.2. The van der Waals surface area contributed by atoms with Crippen LogP contribution in [0.5, 0.6) is 0 Å². The summed E-state index contributed by atoms with van der Waals surface area (Å²) >= 11 is 1.47. The topological polar surface area (TPSA) is 49.4 Å². The second-order valence-corrected chi connectivity index (χ2v) is 8.90. The van der Waals surface area contributed by atoms with Crippen molar-refractivity contribution in [3.8, 4) is 0 Å². The van der Waals surface area contributed by atoms with Crippen molar-refractivity contribution in [1.29, 1.82) is 0 Å². The van der Waals surface area contributed by atoms with Crippen LogP contribution in [0.2, 0.25) is 0 Å². The summed E-state index contributed by atoms with van der Waals surface area (Å²) in [7, 11) is 0. The van der Waals surface area contributed by atoms with Gasteiger partial charge in [0.05, 0.1) is 11.4 Å². The van der Waals surface area contributed by atoms with Crippen LogP contribution in [-0.2, 0) is 9.59 Å². The summed E-state index contributed by atoms with van der Waals surface area (Å²) in [6.07, 6.45) is 5.31. The van der Waals surface area contributed by atoms with E-state index in [4.69, 9.17) is 0 Å². The van der Waals surface area contributed by atoms with E-state index in [9.17, 15) is 14.0 Å². The Hall–Kier alpha value is -2.34. The lowest BCUT2D eigenvalue weighted by Crippen LogP contribution is -2.29. The quantitative estimate of drug-likeness (QED) is 0.728. The van der Waals surface area contributed by atoms with E-state index >= 15 is 0 Å². The SMILES string of the molecule is Cc1ccc(F)c(N2C(=O)CSC2c2cccc(NC(=O)C3CCCCC3)c2)c1. The van der Waals surface area contributed by atoms with Gasteiger partial charge >= 0.3 is 0 Å². The van der Waals surface area contributed by atoms with Gasteiger partial charge < -0.3 is 5.32 Å². The third kappa shape index (κ3) is 4.32. The number of aryl methyl sites for hydroxylation is 1. The molecule has 4 rings (SSSR count). The molecule has 4 nitrogen and oxygen atoms in total. The van der Waals surface area contributed by atoms with Gasteiger partial charge in [0.1, 0.15) is 11.2 Å². The van der Waals surface area contributed by atoms with Crippen LogP contribution in [0.4, 0.5) is 15.8 Å². The zero-order chi connectivity index (χ0) is 20.4. The summed E-state index contributed by atoms with van der Waals surface area (Å²) in [5.41, 5.74) is 2.81. The first-order valence-electron chi connectivity index (χ1n) is 10.1. The molecule has 29 heavy (non-hydrogen) atoms. The lowest BCUT2D eigenvalue weighted by molar-refractivity contribution is -0.120. The molecule has 2 amide bonds. The zero-order valence-electron chi connectivity index (χ0n) is 16.5. The minimum absolute atomic E-state index is 0.0681. The third-order valence-corrected chi connectivity index (χ3v) is 6.86. The number of nitrogens with one attached hydrogen (secondary N) is 1. The maximum atomic E-state index is 14.5. The molecule has 6 heteroatoms. The van der Waals surface area contributed by atoms with Gasteiger partial charge in [-0.15, -0.1) is 11.8 Å². The fourth-order valence-electron chi connectivity index (χ4n) is 4.12. The largest absolute Gasteiger partial charge is 0.326 e. The van der Waals surface area contributed by atoms with Crippen LogP contribution in [0.15, 0.2) is 42.5 Å². The second-order valence-electron chi connectivity index (χ2n) is 7.83. The first-order chi connectivity index (χ1) is 14.0. The van der Waals surface area contributed by atoms with Crippen molar-refractivity contribution < 1.29 is 14.0 Å². The van der Waals surface area contributed by atoms with E-state index < -0.39 is 5.82 Å². The van der Waals surface area contributed by atoms with Gasteiger partial charge in [0.15, 0.2) is 0 Å². The van der Waals surface area contributed by atoms with Crippen LogP contribution in [0.25, 0.3) is 0 Å². The number of carbonyl (C=O) groups excluding carboxylic acids is 2. The molecule has 152 valence electrons. The molecule has 1 saturated carbocycles. The van der Waals surface area contributed by atoms with Crippen molar-refractivity contribution in [3.63, 3.8) is 0 Å². The summed E-state index contributed by atoms with van der Waals surface area (Å²) in [6.45, 7) is 1.88. The van der Waals surface area contributed by atoms with E-state index in [0.717, 1.165) is 42.5 Å². The van der Waals surface area contributed by atoms with Gasteiger partial charge in [-0.1, -0.05) is 37.5 Å². The fourth-order valence-corrected chi connectivity index (χ4v) is 5.28. The highest BCUT2D eigenvalue weighted by Crippen LogP contribution is 2.43. The zero-order valence-corrected chi connectivity index (χ0v) is 17.3. The molecule has 1 aliphatic carbocycles. The Labute approximate surface area is 174 Å². The van der Waals surface area contributed by atoms with Gasteiger partial charge in [-0.3, -0.25) is 14.5 Å². The van der Waals surface area contributed by atoms with Crippen molar-refractivity contribution in [1.82, 2.24) is 0 Å². The number of nitrogens with zero attached hydrogens (tertiary/aromatic N) is 1. The molecule has 0 bridgehead atoms. The molecule has 1 atom stereocenters. The first kappa shape index (κ1) is 20.0. The predicted octanol–water partition coefficient (Wildman–Crippen LogP) is 5.43. The number of benzene rings is 2. The van der Waals surface area contributed by atoms with E-state index in [0.29, 0.717) is 11.4 Å². The van der Waals surface area contributed by atoms with Gasteiger partial charge in [0.2, 0.25) is 11.8 Å². The third-order valence-electron chi connectivity index (χ3n) is 5.64. The molecule has 2 fully saturated rings. The lowest BCUT2D eigenvalue weighted by Gasteiger charge is -2.26. The van der Waals surface area contributed by atoms with Gasteiger partial charge in [-0.05, 0) is 55.2 Å². The van der Waals surface area contributed by atoms with E-state index in [1.54, 1.807) is 12.1 Å². The molecule has 1 aliphatic heterocycles. The molecule has 1 heterocycles. The van der Waals surface area contributed by atoms with Crippen LogP contribution >= 0.6 is 11.8 Å². The van der Waals surface area contributed by atoms with Crippen molar-refractivity contribution in [2.45, 2.75) is 44.4 Å². The predicted molar refractivity (Wildman–Crippen MR) is 115 cm³/mol. The average Bonchev–Trinajstić information content (AvgIpc) is 3.12. The van der Waals surface area contributed by atoms with Gasteiger partial charge in [-0.2, -0.15) is 0 Å². The van der Waals surface area contributed by atoms with Crippen molar-refractivity contribution in [3.05, 3.63) is 59.4 Å². The average molecular weight is 413 g/mol. The van der Waals surface area contributed by atoms with Gasteiger partial charge in [0.25, 0.3) is 0 Å². The van der Waals surface area contributed by atoms with Crippen LogP contribution in [0.3, 0.4) is 0 Å². The van der Waals surface area contributed by atoms with Crippen LogP contribution < -0.4 is 10.2 Å². The van der Waals surface area contributed by atoms with Gasteiger partial charge in [0, 0.05) is 11.6 Å². The summed E-state index contributed by atoms with van der Waals surface area (Å²) < 4.78 is 14.5. The minimum Gasteiger partial charge on any atom is -0.326 e. The maximum absolute atomic E-state index is 14.5. The standard InChI is InChI=1S/C23H25FN2O2S/c1-15-10-11-19(24)20(12-15)26-21(27)14-29-23(26)17-8-5-9-18(13-17)25-22(28)16-6-3-2-4-7-16/h5,8-13,16,23H,2-4,6-7,14H2,1H3,(H,25,28). The second kappa shape index (κ2) is 8.57. The highest BCUT2D eigenvalue weighted by atomic mass is 32.2. The van der Waals surface area contributed by atoms with Crippen molar-refractivity contribution in [2.24, 2.45) is 5.92 Å². The number of rotatable bonds is 4. The Morgan fingerprint density at radius 2 is 1.93 bits per heavy atom. The number of anilines is 2. The molecule has 2 aliphatic rings. The van der Waals surface area contributed by atoms with E-state index in [2.05, 4.69) is 5.32 Å². The van der Waals surface area contributed by atoms with Crippen LogP contribution in [0.1, 0.15) is 48.6 Å². The van der Waals surface area contributed by atoms with E-state index in [1.165, 1.54) is 29.1 Å². The Morgan fingerprint density at radius 1 is 1.14 bits per heavy atom. The van der Waals surface area contributed by atoms with Crippen LogP contribution in [-0.4, -0.2) is 17.6 Å². The molecular weight excluding hydrogens is 387 g/mol. The molecular formula is C23H25FN2O2S. The normalized spacial score (nSPS) is 20.1. The summed E-state index contributed by atoms with van der Waals surface area (Å²) in [6, 6.07) is 12.4. The molecule has 0 aromatic heterocycles. The molecule has 1 N–H and O–H groups in total. The monoisotopic (exact) mass is 412 g/mol. The summed E-state index contributed by atoms with van der Waals surface area (Å²) in [4.78, 5) is 26.7. The Bertz CT molecular complexity index is 927. The highest BCUT2D eigenvalue weighted by Gasteiger charge is 2.35. The molecule has 1 saturated heterocycles. The van der Waals surface area contributed by atoms with Crippen molar-refractivity contribution >= 4 is 35.0 Å². The van der Waals surface area contributed by atoms with Gasteiger partial charge in [-0.25, -0.2) is 4.39 Å². The number of halogens is 1. The number of carbonyl (C=O) groups is 2. The van der Waals surface area contributed by atoms with Crippen LogP contribution in [0, 0.1) is 18.7 Å². The van der Waals surface area contributed by atoms with E-state index in [1.807, 2.05) is 31.2 Å². The maximum Gasteiger partial charge on any atom is 0.238 e. The Morgan fingerprint density at radius 3 is 2.72 bits per heavy atom. The number of hydrogen-bond acceptors (Lipinski definition) is 3. The molecule has 2 aromatic rings. The molecule has 1 unspecified atom stereocenters. The summed E-state index contributed by atoms with van der Waals surface area (Å²) in [5.74, 6) is -0.0675. The smallest absolute Gasteiger partial charge is 0.238 e. The minimum atomic E-state index is -0.404. The molecule has 0 radical (unpaired) electrons. The number of hydrogen-bond donors (Lipinski definition) is 1. The van der Waals surface area contributed by atoms with E-state index in [-0.39, 0.29) is 23.1 Å². The fraction of sp³-hybridized carbons (Fsp3) is 0.391.